The molecule has 176 valence electrons. The number of nitrogens with zero attached hydrogens (tertiary/aromatic N) is 4. The van der Waals surface area contributed by atoms with Gasteiger partial charge in [-0.15, -0.1) is 0 Å². The number of benzene rings is 2. The van der Waals surface area contributed by atoms with Crippen LogP contribution in [0.4, 0.5) is 8.78 Å². The van der Waals surface area contributed by atoms with E-state index >= 15 is 0 Å². The predicted octanol–water partition coefficient (Wildman–Crippen LogP) is 5.67. The average Bonchev–Trinajstić information content (AvgIpc) is 3.20. The summed E-state index contributed by atoms with van der Waals surface area (Å²) in [4.78, 5) is 18.1. The van der Waals surface area contributed by atoms with E-state index in [4.69, 9.17) is 16.3 Å². The van der Waals surface area contributed by atoms with E-state index in [0.29, 0.717) is 27.7 Å². The van der Waals surface area contributed by atoms with Crippen molar-refractivity contribution < 1.29 is 13.5 Å². The van der Waals surface area contributed by atoms with Crippen molar-refractivity contribution in [3.05, 3.63) is 111 Å². The van der Waals surface area contributed by atoms with Crippen molar-refractivity contribution in [1.29, 1.82) is 0 Å². The third-order valence-electron chi connectivity index (χ3n) is 5.59. The number of aryl methyl sites for hydroxylation is 2. The fraction of sp³-hybridized carbons (Fsp3) is 0.115. The molecule has 9 heteroatoms. The maximum Gasteiger partial charge on any atom is 0.267 e. The predicted molar refractivity (Wildman–Crippen MR) is 129 cm³/mol. The van der Waals surface area contributed by atoms with Crippen LogP contribution in [0.1, 0.15) is 17.0 Å². The van der Waals surface area contributed by atoms with Crippen molar-refractivity contribution in [2.24, 2.45) is 0 Å². The second kappa shape index (κ2) is 8.96. The number of rotatable bonds is 5. The van der Waals surface area contributed by atoms with Crippen LogP contribution < -0.4 is 10.3 Å². The van der Waals surface area contributed by atoms with Gasteiger partial charge < -0.3 is 4.74 Å². The van der Waals surface area contributed by atoms with Crippen molar-refractivity contribution in [1.82, 2.24) is 19.2 Å². The van der Waals surface area contributed by atoms with Crippen LogP contribution in [0.15, 0.2) is 71.7 Å². The van der Waals surface area contributed by atoms with Crippen LogP contribution in [-0.4, -0.2) is 19.2 Å². The van der Waals surface area contributed by atoms with Gasteiger partial charge in [0.2, 0.25) is 0 Å². The molecule has 0 aliphatic heterocycles. The molecule has 3 aromatic heterocycles. The summed E-state index contributed by atoms with van der Waals surface area (Å²) in [5, 5.41) is 5.22. The van der Waals surface area contributed by atoms with E-state index in [1.165, 1.54) is 10.5 Å². The lowest BCUT2D eigenvalue weighted by atomic mass is 10.1. The summed E-state index contributed by atoms with van der Waals surface area (Å²) in [6.45, 7) is 3.46. The first-order valence-electron chi connectivity index (χ1n) is 10.7. The lowest BCUT2D eigenvalue weighted by Crippen LogP contribution is -2.19. The molecule has 0 saturated carbocycles. The van der Waals surface area contributed by atoms with Crippen molar-refractivity contribution in [3.8, 4) is 22.7 Å². The van der Waals surface area contributed by atoms with E-state index in [-0.39, 0.29) is 23.4 Å². The molecule has 5 aromatic rings. The Morgan fingerprint density at radius 2 is 1.86 bits per heavy atom. The first-order chi connectivity index (χ1) is 16.8. The Hall–Kier alpha value is -4.04. The Morgan fingerprint density at radius 3 is 2.63 bits per heavy atom. The van der Waals surface area contributed by atoms with E-state index in [1.54, 1.807) is 42.1 Å². The summed E-state index contributed by atoms with van der Waals surface area (Å²) in [6, 6.07) is 15.6. The molecule has 0 aliphatic rings. The lowest BCUT2D eigenvalue weighted by molar-refractivity contribution is 0.301. The number of fused-ring (bicyclic) bond motifs is 1. The molecule has 3 heterocycles. The summed E-state index contributed by atoms with van der Waals surface area (Å²) >= 11 is 6.13. The van der Waals surface area contributed by atoms with E-state index in [2.05, 4.69) is 10.1 Å². The van der Waals surface area contributed by atoms with Gasteiger partial charge in [0.1, 0.15) is 23.9 Å². The summed E-state index contributed by atoms with van der Waals surface area (Å²) in [5.74, 6) is -1.08. The van der Waals surface area contributed by atoms with Crippen molar-refractivity contribution in [2.45, 2.75) is 20.5 Å². The normalized spacial score (nSPS) is 11.2. The van der Waals surface area contributed by atoms with Gasteiger partial charge >= 0.3 is 0 Å². The van der Waals surface area contributed by atoms with Gasteiger partial charge in [-0.1, -0.05) is 17.7 Å². The van der Waals surface area contributed by atoms with Gasteiger partial charge in [0.15, 0.2) is 11.4 Å². The number of hydrogen-bond donors (Lipinski definition) is 0. The van der Waals surface area contributed by atoms with E-state index in [9.17, 15) is 13.6 Å². The largest absolute Gasteiger partial charge is 0.485 e. The molecule has 0 atom stereocenters. The fourth-order valence-corrected chi connectivity index (χ4v) is 4.10. The van der Waals surface area contributed by atoms with Gasteiger partial charge in [0.25, 0.3) is 5.56 Å². The zero-order valence-corrected chi connectivity index (χ0v) is 19.6. The number of aromatic nitrogens is 4. The minimum Gasteiger partial charge on any atom is -0.485 e. The molecule has 0 unspecified atom stereocenters. The zero-order chi connectivity index (χ0) is 24.7. The Balaban J connectivity index is 1.55. The van der Waals surface area contributed by atoms with Crippen LogP contribution in [0, 0.1) is 25.5 Å². The van der Waals surface area contributed by atoms with Gasteiger partial charge in [-0.25, -0.2) is 18.4 Å². The van der Waals surface area contributed by atoms with Crippen molar-refractivity contribution in [3.63, 3.8) is 0 Å². The topological polar surface area (TPSA) is 61.4 Å². The summed E-state index contributed by atoms with van der Waals surface area (Å²) in [7, 11) is 0. The van der Waals surface area contributed by atoms with Crippen LogP contribution in [0.5, 0.6) is 5.75 Å². The highest BCUT2D eigenvalue weighted by Gasteiger charge is 2.18. The van der Waals surface area contributed by atoms with Crippen LogP contribution in [0.25, 0.3) is 22.6 Å². The molecule has 0 radical (unpaired) electrons. The second-order valence-corrected chi connectivity index (χ2v) is 8.47. The maximum atomic E-state index is 14.0. The maximum absolute atomic E-state index is 14.0. The molecule has 0 N–H and O–H groups in total. The average molecular weight is 493 g/mol. The molecule has 0 saturated heterocycles. The summed E-state index contributed by atoms with van der Waals surface area (Å²) < 4.78 is 36.0. The Morgan fingerprint density at radius 1 is 1.03 bits per heavy atom. The van der Waals surface area contributed by atoms with Crippen LogP contribution in [0.2, 0.25) is 5.02 Å². The van der Waals surface area contributed by atoms with Gasteiger partial charge in [0, 0.05) is 28.5 Å². The van der Waals surface area contributed by atoms with Crippen LogP contribution in [-0.2, 0) is 6.61 Å². The second-order valence-electron chi connectivity index (χ2n) is 8.03. The Kier molecular flexibility index (Phi) is 5.82. The molecule has 0 fully saturated rings. The first-order valence-corrected chi connectivity index (χ1v) is 11.1. The van der Waals surface area contributed by atoms with Gasteiger partial charge in [-0.2, -0.15) is 5.10 Å². The molecule has 0 spiro atoms. The number of ether oxygens (including phenoxy) is 1. The fourth-order valence-electron chi connectivity index (χ4n) is 3.91. The smallest absolute Gasteiger partial charge is 0.267 e. The standard InChI is InChI=1S/C26H19ClF2N4O2/c1-15-11-22(31-33(15)20-6-3-5-18(27)12-20)24-16(2)30-25-23(7-4-10-32(25)26(24)34)35-14-17-8-9-19(28)13-21(17)29/h3-13H,14H2,1-2H3. The molecular formula is C26H19ClF2N4O2. The van der Waals surface area contributed by atoms with E-state index in [1.807, 2.05) is 25.1 Å². The Labute approximate surface area is 204 Å². The summed E-state index contributed by atoms with van der Waals surface area (Å²) in [5.41, 5.74) is 3.05. The highest BCUT2D eigenvalue weighted by molar-refractivity contribution is 6.30. The SMILES string of the molecule is Cc1nc2c(OCc3ccc(F)cc3F)cccn2c(=O)c1-c1cc(C)n(-c2cccc(Cl)c2)n1. The van der Waals surface area contributed by atoms with Crippen LogP contribution >= 0.6 is 11.6 Å². The molecule has 0 amide bonds. The molecule has 0 bridgehead atoms. The van der Waals surface area contributed by atoms with E-state index < -0.39 is 11.6 Å². The minimum atomic E-state index is -0.709. The number of hydrogen-bond acceptors (Lipinski definition) is 4. The minimum absolute atomic E-state index is 0.147. The molecule has 5 rings (SSSR count). The molecular weight excluding hydrogens is 474 g/mol. The van der Waals surface area contributed by atoms with Crippen molar-refractivity contribution in [2.75, 3.05) is 0 Å². The molecule has 6 nitrogen and oxygen atoms in total. The monoisotopic (exact) mass is 492 g/mol. The number of halogens is 3. The molecule has 2 aromatic carbocycles. The van der Waals surface area contributed by atoms with Crippen LogP contribution in [0.3, 0.4) is 0 Å². The highest BCUT2D eigenvalue weighted by Crippen LogP contribution is 2.25. The zero-order valence-electron chi connectivity index (χ0n) is 18.8. The lowest BCUT2D eigenvalue weighted by Gasteiger charge is -2.12. The molecule has 0 aliphatic carbocycles. The third kappa shape index (κ3) is 4.28. The first kappa shape index (κ1) is 22.7. The van der Waals surface area contributed by atoms with Crippen molar-refractivity contribution >= 4 is 17.2 Å². The van der Waals surface area contributed by atoms with E-state index in [0.717, 1.165) is 23.5 Å². The molecule has 35 heavy (non-hydrogen) atoms. The quantitative estimate of drug-likeness (QED) is 0.317. The van der Waals surface area contributed by atoms with Gasteiger partial charge in [-0.3, -0.25) is 9.20 Å². The highest BCUT2D eigenvalue weighted by atomic mass is 35.5. The summed E-state index contributed by atoms with van der Waals surface area (Å²) in [6.07, 6.45) is 1.58. The van der Waals surface area contributed by atoms with Gasteiger partial charge in [-0.05, 0) is 62.4 Å². The third-order valence-corrected chi connectivity index (χ3v) is 5.83. The van der Waals surface area contributed by atoms with Gasteiger partial charge in [0.05, 0.1) is 16.9 Å². The Bertz CT molecular complexity index is 1650. The number of pyridine rings is 1.